The standard InChI is InChI=1S/C10H14N2O4S2/c1-7-6-8(17-11-7)18(15,16)12-5-3-4-10(12,2)9(13)14/h6H,3-5H2,1-2H3,(H,13,14). The minimum Gasteiger partial charge on any atom is -0.480 e. The van der Waals surface area contributed by atoms with E-state index in [0.717, 1.165) is 15.8 Å². The number of rotatable bonds is 3. The summed E-state index contributed by atoms with van der Waals surface area (Å²) in [6, 6.07) is 1.47. The summed E-state index contributed by atoms with van der Waals surface area (Å²) in [4.78, 5) is 11.3. The van der Waals surface area contributed by atoms with Crippen LogP contribution in [-0.4, -0.2) is 40.3 Å². The van der Waals surface area contributed by atoms with E-state index >= 15 is 0 Å². The second-order valence-corrected chi connectivity index (χ2v) is 7.44. The molecule has 100 valence electrons. The number of carboxylic acid groups (broad SMARTS) is 1. The third-order valence-corrected chi connectivity index (χ3v) is 6.51. The highest BCUT2D eigenvalue weighted by atomic mass is 32.2. The second kappa shape index (κ2) is 4.29. The summed E-state index contributed by atoms with van der Waals surface area (Å²) in [6.45, 7) is 3.39. The average molecular weight is 290 g/mol. The molecule has 1 aliphatic heterocycles. The normalized spacial score (nSPS) is 25.4. The van der Waals surface area contributed by atoms with E-state index in [4.69, 9.17) is 0 Å². The number of carboxylic acids is 1. The third-order valence-electron chi connectivity index (χ3n) is 3.19. The van der Waals surface area contributed by atoms with E-state index in [1.165, 1.54) is 13.0 Å². The molecule has 0 amide bonds. The lowest BCUT2D eigenvalue weighted by Gasteiger charge is -2.29. The smallest absolute Gasteiger partial charge is 0.324 e. The lowest BCUT2D eigenvalue weighted by Crippen LogP contribution is -2.50. The highest BCUT2D eigenvalue weighted by Gasteiger charge is 2.50. The summed E-state index contributed by atoms with van der Waals surface area (Å²) < 4.78 is 29.9. The van der Waals surface area contributed by atoms with Crippen LogP contribution in [0.4, 0.5) is 0 Å². The van der Waals surface area contributed by atoms with Crippen molar-refractivity contribution >= 4 is 27.5 Å². The van der Waals surface area contributed by atoms with Crippen LogP contribution >= 0.6 is 11.5 Å². The van der Waals surface area contributed by atoms with Gasteiger partial charge in [0, 0.05) is 6.54 Å². The zero-order valence-electron chi connectivity index (χ0n) is 10.1. The summed E-state index contributed by atoms with van der Waals surface area (Å²) >= 11 is 0.883. The van der Waals surface area contributed by atoms with Gasteiger partial charge in [-0.05, 0) is 44.3 Å². The lowest BCUT2D eigenvalue weighted by molar-refractivity contribution is -0.146. The van der Waals surface area contributed by atoms with Crippen molar-refractivity contribution in [3.8, 4) is 0 Å². The van der Waals surface area contributed by atoms with Crippen molar-refractivity contribution in [3.05, 3.63) is 11.8 Å². The Morgan fingerprint density at radius 3 is 2.78 bits per heavy atom. The lowest BCUT2D eigenvalue weighted by atomic mass is 10.0. The molecule has 6 nitrogen and oxygen atoms in total. The molecule has 1 N–H and O–H groups in total. The third kappa shape index (κ3) is 1.94. The monoisotopic (exact) mass is 290 g/mol. The first-order valence-electron chi connectivity index (χ1n) is 5.48. The first kappa shape index (κ1) is 13.4. The maximum absolute atomic E-state index is 12.4. The van der Waals surface area contributed by atoms with Crippen LogP contribution in [0, 0.1) is 6.92 Å². The van der Waals surface area contributed by atoms with Gasteiger partial charge >= 0.3 is 5.97 Å². The molecule has 2 heterocycles. The molecule has 0 aromatic carbocycles. The summed E-state index contributed by atoms with van der Waals surface area (Å²) in [6.07, 6.45) is 0.888. The average Bonchev–Trinajstić information content (AvgIpc) is 2.85. The van der Waals surface area contributed by atoms with Gasteiger partial charge in [0.25, 0.3) is 10.0 Å². The fraction of sp³-hybridized carbons (Fsp3) is 0.600. The van der Waals surface area contributed by atoms with Crippen molar-refractivity contribution in [2.24, 2.45) is 0 Å². The molecule has 1 unspecified atom stereocenters. The van der Waals surface area contributed by atoms with Gasteiger partial charge < -0.3 is 5.11 Å². The van der Waals surface area contributed by atoms with E-state index < -0.39 is 21.5 Å². The van der Waals surface area contributed by atoms with E-state index in [-0.39, 0.29) is 10.8 Å². The molecule has 0 aliphatic carbocycles. The van der Waals surface area contributed by atoms with Crippen LogP contribution in [0.2, 0.25) is 0 Å². The van der Waals surface area contributed by atoms with Gasteiger partial charge in [0.1, 0.15) is 5.54 Å². The van der Waals surface area contributed by atoms with Crippen molar-refractivity contribution in [3.63, 3.8) is 0 Å². The zero-order valence-corrected chi connectivity index (χ0v) is 11.7. The maximum atomic E-state index is 12.4. The Hall–Kier alpha value is -0.990. The minimum absolute atomic E-state index is 0.106. The van der Waals surface area contributed by atoms with Gasteiger partial charge in [0.15, 0.2) is 4.21 Å². The molecular weight excluding hydrogens is 276 g/mol. The molecule has 0 bridgehead atoms. The molecule has 1 aromatic rings. The SMILES string of the molecule is Cc1cc(S(=O)(=O)N2CCCC2(C)C(=O)O)sn1. The van der Waals surface area contributed by atoms with Crippen LogP contribution in [0.15, 0.2) is 10.3 Å². The van der Waals surface area contributed by atoms with E-state index in [9.17, 15) is 18.3 Å². The van der Waals surface area contributed by atoms with E-state index in [1.807, 2.05) is 0 Å². The van der Waals surface area contributed by atoms with E-state index in [2.05, 4.69) is 4.37 Å². The van der Waals surface area contributed by atoms with Gasteiger partial charge in [0.2, 0.25) is 0 Å². The molecule has 1 aliphatic rings. The molecule has 1 aromatic heterocycles. The fourth-order valence-corrected chi connectivity index (χ4v) is 4.98. The molecule has 1 fully saturated rings. The van der Waals surface area contributed by atoms with Crippen molar-refractivity contribution < 1.29 is 18.3 Å². The number of hydrogen-bond acceptors (Lipinski definition) is 5. The van der Waals surface area contributed by atoms with E-state index in [1.54, 1.807) is 6.92 Å². The Morgan fingerprint density at radius 2 is 2.28 bits per heavy atom. The van der Waals surface area contributed by atoms with Crippen LogP contribution in [0.1, 0.15) is 25.5 Å². The predicted molar refractivity (Wildman–Crippen MR) is 66.0 cm³/mol. The summed E-state index contributed by atoms with van der Waals surface area (Å²) in [5.74, 6) is -1.11. The molecule has 0 spiro atoms. The Morgan fingerprint density at radius 1 is 1.61 bits per heavy atom. The molecule has 1 saturated heterocycles. The highest BCUT2D eigenvalue weighted by molar-refractivity contribution is 7.91. The summed E-state index contributed by atoms with van der Waals surface area (Å²) in [5, 5.41) is 9.24. The molecule has 0 radical (unpaired) electrons. The summed E-state index contributed by atoms with van der Waals surface area (Å²) in [5.41, 5.74) is -0.730. The first-order valence-corrected chi connectivity index (χ1v) is 7.69. The van der Waals surface area contributed by atoms with Crippen LogP contribution < -0.4 is 0 Å². The van der Waals surface area contributed by atoms with Crippen molar-refractivity contribution in [1.29, 1.82) is 0 Å². The topological polar surface area (TPSA) is 87.6 Å². The van der Waals surface area contributed by atoms with Crippen molar-refractivity contribution in [2.75, 3.05) is 6.54 Å². The van der Waals surface area contributed by atoms with Gasteiger partial charge in [-0.15, -0.1) is 0 Å². The molecule has 0 saturated carbocycles. The molecule has 1 atom stereocenters. The minimum atomic E-state index is -3.76. The van der Waals surface area contributed by atoms with Crippen LogP contribution in [0.5, 0.6) is 0 Å². The van der Waals surface area contributed by atoms with Gasteiger partial charge in [0.05, 0.1) is 5.69 Å². The zero-order chi connectivity index (χ0) is 13.6. The van der Waals surface area contributed by atoms with Crippen LogP contribution in [0.25, 0.3) is 0 Å². The quantitative estimate of drug-likeness (QED) is 0.900. The maximum Gasteiger partial charge on any atom is 0.324 e. The number of nitrogens with zero attached hydrogens (tertiary/aromatic N) is 2. The fourth-order valence-electron chi connectivity index (χ4n) is 2.11. The number of aromatic nitrogens is 1. The number of aliphatic carboxylic acids is 1. The van der Waals surface area contributed by atoms with Gasteiger partial charge in [-0.2, -0.15) is 8.68 Å². The number of sulfonamides is 1. The summed E-state index contributed by atoms with van der Waals surface area (Å²) in [7, 11) is -3.76. The van der Waals surface area contributed by atoms with Crippen LogP contribution in [0.3, 0.4) is 0 Å². The first-order chi connectivity index (χ1) is 8.28. The molecule has 18 heavy (non-hydrogen) atoms. The van der Waals surface area contributed by atoms with Crippen LogP contribution in [-0.2, 0) is 14.8 Å². The molecule has 8 heteroatoms. The Labute approximate surface area is 109 Å². The predicted octanol–water partition coefficient (Wildman–Crippen LogP) is 1.08. The Bertz CT molecular complexity index is 580. The van der Waals surface area contributed by atoms with Crippen molar-refractivity contribution in [1.82, 2.24) is 8.68 Å². The second-order valence-electron chi connectivity index (χ2n) is 4.55. The van der Waals surface area contributed by atoms with E-state index in [0.29, 0.717) is 18.5 Å². The van der Waals surface area contributed by atoms with Gasteiger partial charge in [-0.25, -0.2) is 8.42 Å². The van der Waals surface area contributed by atoms with Crippen molar-refractivity contribution in [2.45, 2.75) is 36.4 Å². The van der Waals surface area contributed by atoms with Gasteiger partial charge in [-0.1, -0.05) is 0 Å². The Balaban J connectivity index is 2.45. The number of carbonyl (C=O) groups is 1. The number of aryl methyl sites for hydroxylation is 1. The van der Waals surface area contributed by atoms with Gasteiger partial charge in [-0.3, -0.25) is 4.79 Å². The molecular formula is C10H14N2O4S2. The number of hydrogen-bond donors (Lipinski definition) is 1. The highest BCUT2D eigenvalue weighted by Crippen LogP contribution is 2.35. The largest absolute Gasteiger partial charge is 0.480 e. The molecule has 2 rings (SSSR count). The Kier molecular flexibility index (Phi) is 3.20.